The van der Waals surface area contributed by atoms with Gasteiger partial charge in [-0.1, -0.05) is 108 Å². The fraction of sp³-hybridized carbons (Fsp3) is 0.680. The Morgan fingerprint density at radius 2 is 1.16 bits per heavy atom. The predicted octanol–water partition coefficient (Wildman–Crippen LogP) is 6.01. The maximum atomic E-state index is 12.2. The Morgan fingerprint density at radius 3 is 1.58 bits per heavy atom. The predicted molar refractivity (Wildman–Crippen MR) is 123 cm³/mol. The Kier molecular flexibility index (Phi) is 13.8. The summed E-state index contributed by atoms with van der Waals surface area (Å²) in [5.74, 6) is -3.02. The molecule has 0 atom stereocenters. The van der Waals surface area contributed by atoms with Gasteiger partial charge >= 0.3 is 17.5 Å². The quantitative estimate of drug-likeness (QED) is 0.157. The normalized spacial score (nSPS) is 11.7. The molecule has 0 saturated carbocycles. The van der Waals surface area contributed by atoms with E-state index >= 15 is 0 Å². The first kappa shape index (κ1) is 27.1. The molecule has 1 rings (SSSR count). The van der Waals surface area contributed by atoms with Gasteiger partial charge in [0.1, 0.15) is 0 Å². The Labute approximate surface area is 187 Å². The highest BCUT2D eigenvalue weighted by Crippen LogP contribution is 2.29. The van der Waals surface area contributed by atoms with Crippen LogP contribution in [-0.4, -0.2) is 40.3 Å². The van der Waals surface area contributed by atoms with E-state index in [9.17, 15) is 19.8 Å². The second kappa shape index (κ2) is 15.8. The molecular weight excluding hydrogens is 394 g/mol. The molecule has 6 nitrogen and oxygen atoms in total. The van der Waals surface area contributed by atoms with Gasteiger partial charge in [0.15, 0.2) is 0 Å². The zero-order valence-electron chi connectivity index (χ0n) is 19.4. The second-order valence-electron chi connectivity index (χ2n) is 8.21. The minimum absolute atomic E-state index is 0.117. The second-order valence-corrected chi connectivity index (χ2v) is 8.21. The van der Waals surface area contributed by atoms with Gasteiger partial charge < -0.3 is 10.2 Å². The minimum atomic E-state index is -2.44. The third-order valence-corrected chi connectivity index (χ3v) is 5.57. The maximum absolute atomic E-state index is 12.2. The summed E-state index contributed by atoms with van der Waals surface area (Å²) in [4.78, 5) is 30.2. The van der Waals surface area contributed by atoms with Gasteiger partial charge in [0.05, 0.1) is 0 Å². The molecule has 0 radical (unpaired) electrons. The van der Waals surface area contributed by atoms with E-state index in [2.05, 4.69) is 13.8 Å². The number of rotatable bonds is 19. The van der Waals surface area contributed by atoms with E-state index in [-0.39, 0.29) is 5.56 Å². The highest BCUT2D eigenvalue weighted by molar-refractivity contribution is 6.02. The van der Waals surface area contributed by atoms with Crippen LogP contribution in [0.2, 0.25) is 0 Å². The van der Waals surface area contributed by atoms with Crippen LogP contribution in [0.5, 0.6) is 0 Å². The zero-order chi connectivity index (χ0) is 23.0. The molecule has 1 aromatic carbocycles. The lowest BCUT2D eigenvalue weighted by Crippen LogP contribution is -2.51. The van der Waals surface area contributed by atoms with Crippen molar-refractivity contribution in [1.82, 2.24) is 5.06 Å². The Hall–Kier alpha value is -1.92. The molecule has 0 heterocycles. The molecule has 0 aliphatic heterocycles. The van der Waals surface area contributed by atoms with Crippen LogP contribution in [0.15, 0.2) is 30.3 Å². The highest BCUT2D eigenvalue weighted by atomic mass is 16.7. The number of carbonyl (C=O) groups is 2. The number of hydroxylamine groups is 2. The van der Waals surface area contributed by atoms with E-state index in [1.807, 2.05) is 0 Å². The van der Waals surface area contributed by atoms with Crippen LogP contribution in [0.4, 0.5) is 0 Å². The fourth-order valence-electron chi connectivity index (χ4n) is 3.68. The summed E-state index contributed by atoms with van der Waals surface area (Å²) in [5.41, 5.74) is -2.32. The number of aliphatic carboxylic acids is 2. The summed E-state index contributed by atoms with van der Waals surface area (Å²) in [6.45, 7) is 5.40. The molecule has 0 amide bonds. The average Bonchev–Trinajstić information content (AvgIpc) is 2.76. The van der Waals surface area contributed by atoms with Gasteiger partial charge in [0.25, 0.3) is 0 Å². The molecule has 1 aromatic rings. The Morgan fingerprint density at radius 1 is 0.742 bits per heavy atom. The first-order valence-electron chi connectivity index (χ1n) is 11.9. The third-order valence-electron chi connectivity index (χ3n) is 5.57. The van der Waals surface area contributed by atoms with E-state index in [4.69, 9.17) is 4.84 Å². The van der Waals surface area contributed by atoms with Crippen LogP contribution in [-0.2, 0) is 20.0 Å². The highest BCUT2D eigenvalue weighted by Gasteiger charge is 2.52. The topological polar surface area (TPSA) is 87.1 Å². The summed E-state index contributed by atoms with van der Waals surface area (Å²) in [6.07, 6.45) is 13.2. The molecule has 0 spiro atoms. The summed E-state index contributed by atoms with van der Waals surface area (Å²) in [5, 5.41) is 21.4. The van der Waals surface area contributed by atoms with E-state index in [0.717, 1.165) is 38.5 Å². The van der Waals surface area contributed by atoms with Gasteiger partial charge in [-0.3, -0.25) is 4.84 Å². The van der Waals surface area contributed by atoms with Crippen LogP contribution in [0.25, 0.3) is 0 Å². The summed E-state index contributed by atoms with van der Waals surface area (Å²) in [7, 11) is 0. The van der Waals surface area contributed by atoms with Gasteiger partial charge in [-0.05, 0) is 12.8 Å². The molecule has 0 unspecified atom stereocenters. The molecule has 0 bridgehead atoms. The summed E-state index contributed by atoms with van der Waals surface area (Å²) < 4.78 is 0. The molecule has 0 aliphatic carbocycles. The number of hydrogen-bond acceptors (Lipinski definition) is 4. The summed E-state index contributed by atoms with van der Waals surface area (Å²) >= 11 is 0. The number of carboxylic acids is 2. The van der Waals surface area contributed by atoms with E-state index in [0.29, 0.717) is 13.1 Å². The number of hydrogen-bond donors (Lipinski definition) is 2. The van der Waals surface area contributed by atoms with Crippen molar-refractivity contribution in [1.29, 1.82) is 0 Å². The smallest absolute Gasteiger partial charge is 0.354 e. The van der Waals surface area contributed by atoms with Gasteiger partial charge in [-0.15, -0.1) is 0 Å². The van der Waals surface area contributed by atoms with E-state index in [1.165, 1.54) is 50.7 Å². The Balaban J connectivity index is 2.85. The lowest BCUT2D eigenvalue weighted by Gasteiger charge is -2.32. The molecule has 0 saturated heterocycles. The standard InChI is InChI=1S/C25H41NO5/c1-3-5-7-9-11-16-20-26(21-17-12-10-8-6-4-2)31-25(23(27)28,24(29)30)22-18-14-13-15-19-22/h13-15,18-19H,3-12,16-17,20-21H2,1-2H3,(H,27,28)(H,29,30). The fourth-order valence-corrected chi connectivity index (χ4v) is 3.68. The van der Waals surface area contributed by atoms with Crippen molar-refractivity contribution in [3.63, 3.8) is 0 Å². The molecule has 0 aromatic heterocycles. The Bertz CT molecular complexity index is 590. The largest absolute Gasteiger partial charge is 0.478 e. The lowest BCUT2D eigenvalue weighted by molar-refractivity contribution is -0.257. The van der Waals surface area contributed by atoms with E-state index < -0.39 is 17.5 Å². The molecule has 176 valence electrons. The first-order chi connectivity index (χ1) is 15.0. The van der Waals surface area contributed by atoms with Crippen LogP contribution in [0.1, 0.15) is 96.5 Å². The van der Waals surface area contributed by atoms with Gasteiger partial charge in [0, 0.05) is 18.7 Å². The first-order valence-corrected chi connectivity index (χ1v) is 11.9. The molecule has 6 heteroatoms. The van der Waals surface area contributed by atoms with Crippen molar-refractivity contribution in [3.8, 4) is 0 Å². The number of nitrogens with zero attached hydrogens (tertiary/aromatic N) is 1. The molecule has 0 aliphatic rings. The molecule has 0 fully saturated rings. The maximum Gasteiger partial charge on any atom is 0.354 e. The molecular formula is C25H41NO5. The van der Waals surface area contributed by atoms with Gasteiger partial charge in [0.2, 0.25) is 0 Å². The average molecular weight is 436 g/mol. The van der Waals surface area contributed by atoms with Crippen LogP contribution in [0.3, 0.4) is 0 Å². The van der Waals surface area contributed by atoms with Crippen molar-refractivity contribution in [2.24, 2.45) is 0 Å². The van der Waals surface area contributed by atoms with Crippen LogP contribution < -0.4 is 0 Å². The third kappa shape index (κ3) is 9.40. The molecule has 2 N–H and O–H groups in total. The zero-order valence-corrected chi connectivity index (χ0v) is 19.4. The lowest BCUT2D eigenvalue weighted by atomic mass is 9.94. The van der Waals surface area contributed by atoms with Crippen LogP contribution >= 0.6 is 0 Å². The monoisotopic (exact) mass is 435 g/mol. The van der Waals surface area contributed by atoms with Crippen molar-refractivity contribution in [2.75, 3.05) is 13.1 Å². The summed E-state index contributed by atoms with van der Waals surface area (Å²) in [6, 6.07) is 7.98. The van der Waals surface area contributed by atoms with Gasteiger partial charge in [-0.2, -0.15) is 5.06 Å². The van der Waals surface area contributed by atoms with E-state index in [1.54, 1.807) is 23.3 Å². The van der Waals surface area contributed by atoms with Crippen LogP contribution in [0, 0.1) is 0 Å². The van der Waals surface area contributed by atoms with Crippen molar-refractivity contribution in [3.05, 3.63) is 35.9 Å². The van der Waals surface area contributed by atoms with Gasteiger partial charge in [-0.25, -0.2) is 9.59 Å². The number of unbranched alkanes of at least 4 members (excludes halogenated alkanes) is 10. The van der Waals surface area contributed by atoms with Crippen molar-refractivity contribution < 1.29 is 24.6 Å². The van der Waals surface area contributed by atoms with Crippen molar-refractivity contribution in [2.45, 2.75) is 96.5 Å². The number of carboxylic acid groups (broad SMARTS) is 2. The number of benzene rings is 1. The van der Waals surface area contributed by atoms with Crippen molar-refractivity contribution >= 4 is 11.9 Å². The minimum Gasteiger partial charge on any atom is -0.478 e. The SMILES string of the molecule is CCCCCCCCN(CCCCCCCC)OC(C(=O)O)(C(=O)O)c1ccccc1. The molecule has 31 heavy (non-hydrogen) atoms.